The van der Waals surface area contributed by atoms with E-state index in [1.54, 1.807) is 6.08 Å². The molecule has 0 unspecified atom stereocenters. The number of aliphatic hydroxyl groups excluding tert-OH is 1. The predicted octanol–water partition coefficient (Wildman–Crippen LogP) is 15.1. The summed E-state index contributed by atoms with van der Waals surface area (Å²) in [6.07, 6.45) is 36.0. The minimum absolute atomic E-state index is 0. The van der Waals surface area contributed by atoms with E-state index in [4.69, 9.17) is 40.9 Å². The second-order valence-corrected chi connectivity index (χ2v) is 26.7. The topological polar surface area (TPSA) is 160 Å². The summed E-state index contributed by atoms with van der Waals surface area (Å²) in [7, 11) is 0. The fourth-order valence-electron chi connectivity index (χ4n) is 15.0. The molecule has 0 amide bonds. The molecule has 79 heavy (non-hydrogen) atoms. The number of fused-ring (bicyclic) bond motifs is 11. The van der Waals surface area contributed by atoms with Gasteiger partial charge in [0, 0.05) is 33.5 Å². The van der Waals surface area contributed by atoms with E-state index in [0.717, 1.165) is 93.1 Å². The number of rotatable bonds is 21. The molecule has 10 nitrogen and oxygen atoms in total. The number of carbonyl (C=O) groups is 4. The molecular formula is C66H128Br2MgO10. The third kappa shape index (κ3) is 22.6. The Hall–Kier alpha value is -1.90. The Balaban J connectivity index is -0.000000121. The minimum atomic E-state index is -0.921. The second kappa shape index (κ2) is 36.7. The standard InChI is InChI=1S/2C20H32O4.C12H20O.C7H10O.C3H5Br.C3H5.CH4.BrH.Mg.10H2/c2*1-5-6-7-8-15-13-9-10-14(11-13)18(15)24-17(21)12-16(19(22)23)20(2,3)4;1-2-3-4-5-11-9-6-7-10(8-9)12(11)13;1-2-5-3-4(1)6-7(5)8-6;1-2-3-4;1-3-2;;;;;;;;;;;;;/h2*5,13-16,18H,1,6-12H2,2-4H3,(H,22,23);2,9-13H,1,3-8H2;4-7H,1-3H2;2H,1,3H2;3H,1-2H2;1H4;1H;;10*1H/q;;;;;-1;;;+2;;;;;;;;;;/p-1/t13-,14+,15-,16+,18-;13-,14+,15-,16-,18-;9-,10+,11-,12-;4-,5+,6+,7-;;;;;;;;;;;;;;;/m011................/s1/i;;;;;;;;;9*1+1D;1+1. The Morgan fingerprint density at radius 3 is 1.16 bits per heavy atom. The number of hydrogen-bond donors (Lipinski definition) is 3. The number of halogens is 2. The summed E-state index contributed by atoms with van der Waals surface area (Å²) >= 11 is 3.13. The summed E-state index contributed by atoms with van der Waals surface area (Å²) < 4.78 is 107. The van der Waals surface area contributed by atoms with Crippen molar-refractivity contribution in [3.05, 3.63) is 70.2 Å². The summed E-state index contributed by atoms with van der Waals surface area (Å²) in [5.41, 5.74) is -0.911. The van der Waals surface area contributed by atoms with Crippen molar-refractivity contribution < 1.29 is 93.8 Å². The fraction of sp³-hybridized carbons (Fsp3) is 0.773. The summed E-state index contributed by atoms with van der Waals surface area (Å²) in [6, 6.07) is 0. The van der Waals surface area contributed by atoms with E-state index in [0.29, 0.717) is 47.3 Å². The molecule has 3 N–H and O–H groups in total. The Kier molecular flexibility index (Phi) is 28.0. The van der Waals surface area contributed by atoms with Crippen molar-refractivity contribution in [2.75, 3.05) is 5.33 Å². The van der Waals surface area contributed by atoms with E-state index in [9.17, 15) is 34.5 Å². The van der Waals surface area contributed by atoms with Gasteiger partial charge in [-0.2, -0.15) is 0 Å². The maximum absolute atomic E-state index is 12.4. The van der Waals surface area contributed by atoms with Crippen LogP contribution in [0.15, 0.2) is 63.3 Å². The molecule has 0 aromatic rings. The van der Waals surface area contributed by atoms with E-state index >= 15 is 0 Å². The molecule has 0 aromatic carbocycles. The molecule has 13 heteroatoms. The molecule has 9 fully saturated rings. The number of alkyl halides is 1. The zero-order valence-corrected chi connectivity index (χ0v) is 53.7. The summed E-state index contributed by atoms with van der Waals surface area (Å²) in [4.78, 5) is 47.8. The first-order chi connectivity index (χ1) is 45.1. The van der Waals surface area contributed by atoms with E-state index in [1.165, 1.54) is 83.1 Å². The third-order valence-corrected chi connectivity index (χ3v) is 19.4. The average Bonchev–Trinajstić information content (AvgIpc) is 1.60. The van der Waals surface area contributed by atoms with E-state index < -0.39 is 34.6 Å². The summed E-state index contributed by atoms with van der Waals surface area (Å²) in [6.45, 7) is 32.3. The van der Waals surface area contributed by atoms with Crippen LogP contribution in [-0.2, 0) is 33.4 Å². The van der Waals surface area contributed by atoms with Crippen molar-refractivity contribution in [3.63, 3.8) is 0 Å². The minimum Gasteiger partial charge on any atom is -1.00 e. The molecule has 468 valence electrons. The number of epoxide rings is 1. The normalized spacial score (nSPS) is 33.4. The largest absolute Gasteiger partial charge is 2.00 e. The predicted molar refractivity (Wildman–Crippen MR) is 344 cm³/mol. The van der Waals surface area contributed by atoms with Crippen LogP contribution in [0.2, 0.25) is 0 Å². The molecule has 0 radical (unpaired) electrons. The van der Waals surface area contributed by atoms with Crippen molar-refractivity contribution in [1.29, 1.82) is 0 Å². The van der Waals surface area contributed by atoms with Crippen molar-refractivity contribution >= 4 is 62.9 Å². The Bertz CT molecular complexity index is 1840. The van der Waals surface area contributed by atoms with Crippen molar-refractivity contribution in [1.82, 2.24) is 0 Å². The number of carboxylic acids is 2. The zero-order chi connectivity index (χ0) is 74.3. The average molecular weight is 1280 g/mol. The number of carboxylic acid groups (broad SMARTS) is 2. The van der Waals surface area contributed by atoms with Gasteiger partial charge in [-0.25, -0.2) is 19.6 Å². The van der Waals surface area contributed by atoms with Crippen molar-refractivity contribution in [3.8, 4) is 0 Å². The number of aliphatic carboxylic acids is 2. The first kappa shape index (κ1) is 60.2. The van der Waals surface area contributed by atoms with Gasteiger partial charge in [0.15, 0.2) is 0 Å². The van der Waals surface area contributed by atoms with Gasteiger partial charge in [0.1, 0.15) is 12.2 Å². The third-order valence-electron chi connectivity index (χ3n) is 19.0. The molecular weight excluding hydrogens is 1140 g/mol. The van der Waals surface area contributed by atoms with Gasteiger partial charge in [0.05, 0.1) is 43.0 Å². The van der Waals surface area contributed by atoms with Crippen LogP contribution in [0.25, 0.3) is 0 Å². The van der Waals surface area contributed by atoms with Crippen LogP contribution in [0.3, 0.4) is 0 Å². The maximum atomic E-state index is 12.4. The number of unbranched alkanes of at least 4 members (excludes halogenated alkanes) is 3. The maximum Gasteiger partial charge on any atom is 2.00 e. The number of aliphatic hydroxyl groups is 1. The van der Waals surface area contributed by atoms with Crippen LogP contribution in [0, 0.1) is 94.7 Å². The number of allylic oxidation sites excluding steroid dienone is 5. The fourth-order valence-corrected chi connectivity index (χ4v) is 15.0. The van der Waals surface area contributed by atoms with E-state index in [-0.39, 0.29) is 92.0 Å². The molecule has 8 bridgehead atoms. The van der Waals surface area contributed by atoms with E-state index in [1.807, 2.05) is 59.8 Å². The molecule has 0 spiro atoms. The number of ether oxygens (including phenoxy) is 3. The van der Waals surface area contributed by atoms with Crippen LogP contribution in [0.1, 0.15) is 225 Å². The van der Waals surface area contributed by atoms with Gasteiger partial charge < -0.3 is 46.5 Å². The van der Waals surface area contributed by atoms with Crippen LogP contribution in [-0.4, -0.2) is 98.1 Å². The Labute approximate surface area is 544 Å². The van der Waals surface area contributed by atoms with Gasteiger partial charge in [0.2, 0.25) is 0 Å². The van der Waals surface area contributed by atoms with Gasteiger partial charge in [-0.3, -0.25) is 19.2 Å². The van der Waals surface area contributed by atoms with Gasteiger partial charge in [0.25, 0.3) is 0 Å². The Morgan fingerprint density at radius 2 is 0.886 bits per heavy atom. The molecule has 1 aliphatic heterocycles. The van der Waals surface area contributed by atoms with Crippen LogP contribution >= 0.6 is 15.9 Å². The molecule has 9 rings (SSSR count). The molecule has 18 atom stereocenters. The van der Waals surface area contributed by atoms with Crippen LogP contribution in [0.5, 0.6) is 0 Å². The van der Waals surface area contributed by atoms with Gasteiger partial charge in [-0.1, -0.05) is 89.2 Å². The number of carbonyl (C=O) groups excluding carboxylic acids is 2. The van der Waals surface area contributed by atoms with Gasteiger partial charge >= 0.3 is 46.9 Å². The Morgan fingerprint density at radius 1 is 0.595 bits per heavy atom. The monoisotopic (exact) mass is 1280 g/mol. The van der Waals surface area contributed by atoms with Crippen LogP contribution in [0.4, 0.5) is 0 Å². The van der Waals surface area contributed by atoms with E-state index in [2.05, 4.69) is 55.7 Å². The molecule has 9 aliphatic rings. The van der Waals surface area contributed by atoms with Gasteiger partial charge in [-0.05, 0) is 211 Å². The van der Waals surface area contributed by atoms with Crippen LogP contribution < -0.4 is 17.0 Å². The first-order valence-corrected chi connectivity index (χ1v) is 30.8. The first-order valence-electron chi connectivity index (χ1n) is 38.7. The summed E-state index contributed by atoms with van der Waals surface area (Å²) in [5.74, 6) is 3.37. The van der Waals surface area contributed by atoms with Crippen molar-refractivity contribution in [2.45, 2.75) is 227 Å². The SMILES string of the molecule is C.C1C[C@@H]2C[C@H]1[C@H]1O[C@@H]21.C=CCBr.C=CCCC[C@@H]1[C@@H]2CC[C@@H](C2)[C@H]1O.C=CCCC[C@@H]1[C@@H]2CC[C@@H](C2)[C@H]1OC(=O)C[C@H](C(=O)O)C(C)(C)C.C=CCCC[C@H]1[C@H]2CC[C@H](C2)[C@@H]1OC(=O)C[C@H](C(=O)O)C(C)(C)C.C=C[CH2-].[2HH].[2H][2H].[2H][2H].[2H][2H].[2H][2H].[2H][2H].[2H][2H].[2H][2H].[2H][2H].[2H][2H].[Br-].[Mg+2]. The number of esters is 2. The molecule has 0 aromatic heterocycles. The van der Waals surface area contributed by atoms with Crippen molar-refractivity contribution in [2.24, 2.45) is 87.8 Å². The molecule has 1 heterocycles. The smallest absolute Gasteiger partial charge is 1.00 e. The molecule has 8 aliphatic carbocycles. The molecule has 8 saturated carbocycles. The van der Waals surface area contributed by atoms with Gasteiger partial charge in [-0.15, -0.1) is 26.3 Å². The quantitative estimate of drug-likeness (QED) is 0.0192. The molecule has 1 saturated heterocycles. The zero-order valence-electron chi connectivity index (χ0n) is 67.2. The number of hydrogen-bond acceptors (Lipinski definition) is 8. The second-order valence-electron chi connectivity index (χ2n) is 26.1. The summed E-state index contributed by atoms with van der Waals surface area (Å²) in [5, 5.41) is 29.7.